The van der Waals surface area contributed by atoms with Crippen molar-refractivity contribution in [2.24, 2.45) is 0 Å². The van der Waals surface area contributed by atoms with Crippen LogP contribution in [0.5, 0.6) is 0 Å². The van der Waals surface area contributed by atoms with Crippen molar-refractivity contribution in [3.05, 3.63) is 40.7 Å². The zero-order valence-electron chi connectivity index (χ0n) is 12.0. The minimum atomic E-state index is -0.310. The van der Waals surface area contributed by atoms with E-state index in [1.807, 2.05) is 6.92 Å². The van der Waals surface area contributed by atoms with Crippen molar-refractivity contribution in [3.63, 3.8) is 0 Å². The number of halogens is 1. The normalized spacial score (nSPS) is 10.4. The summed E-state index contributed by atoms with van der Waals surface area (Å²) in [5.41, 5.74) is 0.736. The van der Waals surface area contributed by atoms with Gasteiger partial charge < -0.3 is 10.2 Å². The van der Waals surface area contributed by atoms with Gasteiger partial charge in [-0.15, -0.1) is 10.2 Å². The Bertz CT molecular complexity index is 617. The van der Waals surface area contributed by atoms with E-state index in [2.05, 4.69) is 15.5 Å². The molecule has 112 valence electrons. The molecule has 0 atom stereocenters. The second-order valence-electron chi connectivity index (χ2n) is 4.63. The van der Waals surface area contributed by atoms with Crippen LogP contribution in [0.1, 0.15) is 28.7 Å². The van der Waals surface area contributed by atoms with Crippen LogP contribution in [-0.4, -0.2) is 34.6 Å². The van der Waals surface area contributed by atoms with Crippen molar-refractivity contribution in [1.29, 1.82) is 0 Å². The molecule has 1 heterocycles. The SMILES string of the molecule is CCCNc1nnc(C(=O)N(C)Cc2cccc(F)c2)s1. The first kappa shape index (κ1) is 15.4. The molecule has 5 nitrogen and oxygen atoms in total. The molecule has 1 aromatic carbocycles. The molecule has 0 saturated carbocycles. The molecule has 0 fully saturated rings. The first-order valence-electron chi connectivity index (χ1n) is 6.67. The van der Waals surface area contributed by atoms with E-state index in [0.717, 1.165) is 18.5 Å². The lowest BCUT2D eigenvalue weighted by molar-refractivity contribution is 0.0783. The van der Waals surface area contributed by atoms with Gasteiger partial charge in [0.2, 0.25) is 10.1 Å². The van der Waals surface area contributed by atoms with Crippen molar-refractivity contribution < 1.29 is 9.18 Å². The standard InChI is InChI=1S/C14H17FN4OS/c1-3-7-16-14-18-17-12(21-14)13(20)19(2)9-10-5-4-6-11(15)8-10/h4-6,8H,3,7,9H2,1-2H3,(H,16,18). The smallest absolute Gasteiger partial charge is 0.284 e. The molecule has 0 saturated heterocycles. The van der Waals surface area contributed by atoms with Gasteiger partial charge in [-0.3, -0.25) is 4.79 Å². The zero-order chi connectivity index (χ0) is 15.2. The van der Waals surface area contributed by atoms with Gasteiger partial charge in [-0.1, -0.05) is 30.4 Å². The van der Waals surface area contributed by atoms with E-state index in [1.165, 1.54) is 28.4 Å². The number of amides is 1. The topological polar surface area (TPSA) is 58.1 Å². The molecule has 0 unspecified atom stereocenters. The molecular weight excluding hydrogens is 291 g/mol. The van der Waals surface area contributed by atoms with Crippen LogP contribution in [0.3, 0.4) is 0 Å². The van der Waals surface area contributed by atoms with E-state index in [4.69, 9.17) is 0 Å². The van der Waals surface area contributed by atoms with Gasteiger partial charge in [-0.25, -0.2) is 4.39 Å². The van der Waals surface area contributed by atoms with Gasteiger partial charge in [0.05, 0.1) is 0 Å². The summed E-state index contributed by atoms with van der Waals surface area (Å²) in [4.78, 5) is 13.7. The molecule has 1 amide bonds. The Kier molecular flexibility index (Phi) is 5.21. The van der Waals surface area contributed by atoms with Crippen LogP contribution in [0.4, 0.5) is 9.52 Å². The minimum Gasteiger partial charge on any atom is -0.360 e. The van der Waals surface area contributed by atoms with E-state index < -0.39 is 0 Å². The summed E-state index contributed by atoms with van der Waals surface area (Å²) in [7, 11) is 1.66. The zero-order valence-corrected chi connectivity index (χ0v) is 12.8. The van der Waals surface area contributed by atoms with Crippen LogP contribution >= 0.6 is 11.3 Å². The van der Waals surface area contributed by atoms with Crippen LogP contribution < -0.4 is 5.32 Å². The molecular formula is C14H17FN4OS. The number of benzene rings is 1. The van der Waals surface area contributed by atoms with E-state index in [0.29, 0.717) is 16.7 Å². The average Bonchev–Trinajstić information content (AvgIpc) is 2.93. The third-order valence-corrected chi connectivity index (χ3v) is 3.66. The molecule has 0 aliphatic heterocycles. The molecule has 0 bridgehead atoms. The lowest BCUT2D eigenvalue weighted by Gasteiger charge is -2.15. The fourth-order valence-corrected chi connectivity index (χ4v) is 2.52. The molecule has 1 N–H and O–H groups in total. The molecule has 0 radical (unpaired) electrons. The Labute approximate surface area is 126 Å². The molecule has 0 aliphatic carbocycles. The average molecular weight is 308 g/mol. The quantitative estimate of drug-likeness (QED) is 0.891. The van der Waals surface area contributed by atoms with E-state index in [9.17, 15) is 9.18 Å². The number of hydrogen-bond acceptors (Lipinski definition) is 5. The van der Waals surface area contributed by atoms with Gasteiger partial charge in [0.25, 0.3) is 5.91 Å². The first-order chi connectivity index (χ1) is 10.1. The summed E-state index contributed by atoms with van der Waals surface area (Å²) >= 11 is 1.22. The van der Waals surface area contributed by atoms with Gasteiger partial charge in [0.15, 0.2) is 0 Å². The Morgan fingerprint density at radius 2 is 2.24 bits per heavy atom. The summed E-state index contributed by atoms with van der Waals surface area (Å²) in [5.74, 6) is -0.531. The van der Waals surface area contributed by atoms with Crippen molar-refractivity contribution in [2.45, 2.75) is 19.9 Å². The monoisotopic (exact) mass is 308 g/mol. The lowest BCUT2D eigenvalue weighted by Crippen LogP contribution is -2.26. The van der Waals surface area contributed by atoms with Crippen molar-refractivity contribution in [1.82, 2.24) is 15.1 Å². The number of anilines is 1. The van der Waals surface area contributed by atoms with Crippen LogP contribution in [0, 0.1) is 5.82 Å². The lowest BCUT2D eigenvalue weighted by atomic mass is 10.2. The molecule has 0 aliphatic rings. The summed E-state index contributed by atoms with van der Waals surface area (Å²) in [5, 5.41) is 11.9. The van der Waals surface area contributed by atoms with Gasteiger partial charge in [0, 0.05) is 20.1 Å². The molecule has 2 aromatic rings. The first-order valence-corrected chi connectivity index (χ1v) is 7.49. The van der Waals surface area contributed by atoms with Crippen LogP contribution in [-0.2, 0) is 6.54 Å². The Hall–Kier alpha value is -2.02. The van der Waals surface area contributed by atoms with E-state index in [-0.39, 0.29) is 11.7 Å². The summed E-state index contributed by atoms with van der Waals surface area (Å²) < 4.78 is 13.1. The van der Waals surface area contributed by atoms with E-state index in [1.54, 1.807) is 19.2 Å². The summed E-state index contributed by atoms with van der Waals surface area (Å²) in [6.07, 6.45) is 0.975. The third-order valence-electron chi connectivity index (χ3n) is 2.79. The summed E-state index contributed by atoms with van der Waals surface area (Å²) in [6.45, 7) is 3.17. The van der Waals surface area contributed by atoms with Crippen LogP contribution in [0.2, 0.25) is 0 Å². The molecule has 2 rings (SSSR count). The Morgan fingerprint density at radius 1 is 1.43 bits per heavy atom. The van der Waals surface area contributed by atoms with Gasteiger partial charge in [-0.05, 0) is 24.1 Å². The highest BCUT2D eigenvalue weighted by atomic mass is 32.1. The largest absolute Gasteiger partial charge is 0.360 e. The fourth-order valence-electron chi connectivity index (χ4n) is 1.76. The number of aromatic nitrogens is 2. The number of nitrogens with one attached hydrogen (secondary N) is 1. The molecule has 0 spiro atoms. The Morgan fingerprint density at radius 3 is 2.95 bits per heavy atom. The number of nitrogens with zero attached hydrogens (tertiary/aromatic N) is 3. The van der Waals surface area contributed by atoms with Gasteiger partial charge in [-0.2, -0.15) is 0 Å². The van der Waals surface area contributed by atoms with Gasteiger partial charge in [0.1, 0.15) is 5.82 Å². The maximum absolute atomic E-state index is 13.1. The minimum absolute atomic E-state index is 0.221. The highest BCUT2D eigenvalue weighted by molar-refractivity contribution is 7.17. The van der Waals surface area contributed by atoms with Crippen molar-refractivity contribution >= 4 is 22.4 Å². The molecule has 21 heavy (non-hydrogen) atoms. The highest BCUT2D eigenvalue weighted by Crippen LogP contribution is 2.17. The fraction of sp³-hybridized carbons (Fsp3) is 0.357. The van der Waals surface area contributed by atoms with Crippen LogP contribution in [0.15, 0.2) is 24.3 Å². The van der Waals surface area contributed by atoms with Crippen molar-refractivity contribution in [3.8, 4) is 0 Å². The van der Waals surface area contributed by atoms with Crippen LogP contribution in [0.25, 0.3) is 0 Å². The Balaban J connectivity index is 2.00. The summed E-state index contributed by atoms with van der Waals surface area (Å²) in [6, 6.07) is 6.20. The third kappa shape index (κ3) is 4.22. The highest BCUT2D eigenvalue weighted by Gasteiger charge is 2.17. The maximum atomic E-state index is 13.1. The number of rotatable bonds is 6. The maximum Gasteiger partial charge on any atom is 0.284 e. The van der Waals surface area contributed by atoms with E-state index >= 15 is 0 Å². The number of carbonyl (C=O) groups is 1. The number of carbonyl (C=O) groups excluding carboxylic acids is 1. The molecule has 7 heteroatoms. The number of hydrogen-bond donors (Lipinski definition) is 1. The van der Waals surface area contributed by atoms with Gasteiger partial charge >= 0.3 is 0 Å². The van der Waals surface area contributed by atoms with Crippen molar-refractivity contribution in [2.75, 3.05) is 18.9 Å². The predicted molar refractivity (Wildman–Crippen MR) is 80.9 cm³/mol. The molecule has 1 aromatic heterocycles. The second-order valence-corrected chi connectivity index (χ2v) is 5.61. The predicted octanol–water partition coefficient (Wildman–Crippen LogP) is 2.77. The second kappa shape index (κ2) is 7.12.